The summed E-state index contributed by atoms with van der Waals surface area (Å²) < 4.78 is 28.3. The van der Waals surface area contributed by atoms with E-state index in [1.807, 2.05) is 25.4 Å². The van der Waals surface area contributed by atoms with Crippen LogP contribution in [0, 0.1) is 6.92 Å². The molecular weight excluding hydrogens is 380 g/mol. The molecule has 0 bridgehead atoms. The maximum Gasteiger partial charge on any atom is 0.242 e. The van der Waals surface area contributed by atoms with Crippen LogP contribution in [-0.2, 0) is 23.1 Å². The number of rotatable bonds is 6. The predicted octanol–water partition coefficient (Wildman–Crippen LogP) is 3.08. The molecule has 0 aromatic carbocycles. The maximum atomic E-state index is 12.3. The fourth-order valence-electron chi connectivity index (χ4n) is 1.74. The van der Waals surface area contributed by atoms with Gasteiger partial charge < -0.3 is 5.32 Å². The van der Waals surface area contributed by atoms with Gasteiger partial charge in [-0.2, -0.15) is 0 Å². The molecule has 0 amide bonds. The van der Waals surface area contributed by atoms with Gasteiger partial charge in [0.2, 0.25) is 10.0 Å². The smallest absolute Gasteiger partial charge is 0.242 e. The quantitative estimate of drug-likeness (QED) is 0.791. The van der Waals surface area contributed by atoms with Crippen molar-refractivity contribution in [2.24, 2.45) is 0 Å². The van der Waals surface area contributed by atoms with Gasteiger partial charge in [0.05, 0.1) is 4.90 Å². The molecule has 8 heteroatoms. The van der Waals surface area contributed by atoms with Crippen LogP contribution in [-0.4, -0.2) is 15.5 Å². The van der Waals surface area contributed by atoms with E-state index >= 15 is 0 Å². The Bertz CT molecular complexity index is 691. The van der Waals surface area contributed by atoms with Gasteiger partial charge in [-0.3, -0.25) is 0 Å². The molecular formula is C12H15BrN2O2S3. The van der Waals surface area contributed by atoms with Crippen LogP contribution in [0.2, 0.25) is 0 Å². The first-order valence-corrected chi connectivity index (χ1v) is 9.86. The van der Waals surface area contributed by atoms with Gasteiger partial charge in [-0.15, -0.1) is 22.7 Å². The zero-order valence-corrected chi connectivity index (χ0v) is 15.1. The van der Waals surface area contributed by atoms with E-state index in [2.05, 4.69) is 26.0 Å². The summed E-state index contributed by atoms with van der Waals surface area (Å²) >= 11 is 6.42. The Labute approximate surface area is 135 Å². The van der Waals surface area contributed by atoms with Crippen molar-refractivity contribution >= 4 is 48.6 Å². The molecule has 2 N–H and O–H groups in total. The average Bonchev–Trinajstić information content (AvgIpc) is 2.94. The van der Waals surface area contributed by atoms with Gasteiger partial charge in [-0.25, -0.2) is 13.1 Å². The van der Waals surface area contributed by atoms with Crippen LogP contribution in [0.5, 0.6) is 0 Å². The van der Waals surface area contributed by atoms with Crippen LogP contribution in [0.1, 0.15) is 14.6 Å². The number of halogens is 1. The lowest BCUT2D eigenvalue weighted by molar-refractivity contribution is 0.581. The van der Waals surface area contributed by atoms with Gasteiger partial charge in [0, 0.05) is 32.2 Å². The summed E-state index contributed by atoms with van der Waals surface area (Å²) in [4.78, 5) is 3.17. The molecule has 0 fully saturated rings. The van der Waals surface area contributed by atoms with Crippen molar-refractivity contribution in [3.63, 3.8) is 0 Å². The van der Waals surface area contributed by atoms with Crippen molar-refractivity contribution in [3.8, 4) is 0 Å². The highest BCUT2D eigenvalue weighted by Gasteiger charge is 2.20. The first-order valence-electron chi connectivity index (χ1n) is 5.89. The SMILES string of the molecule is CNCc1cc(S(=O)(=O)NCc2sccc2Br)c(C)s1. The number of aryl methyl sites for hydroxylation is 1. The van der Waals surface area contributed by atoms with E-state index < -0.39 is 10.0 Å². The van der Waals surface area contributed by atoms with Gasteiger partial charge in [-0.1, -0.05) is 0 Å². The molecule has 0 aliphatic rings. The molecule has 2 heterocycles. The minimum Gasteiger partial charge on any atom is -0.315 e. The van der Waals surface area contributed by atoms with Gasteiger partial charge in [0.1, 0.15) is 0 Å². The molecule has 0 saturated heterocycles. The van der Waals surface area contributed by atoms with Gasteiger partial charge in [0.25, 0.3) is 0 Å². The summed E-state index contributed by atoms with van der Waals surface area (Å²) in [6.45, 7) is 2.81. The fourth-order valence-corrected chi connectivity index (χ4v) is 5.91. The second-order valence-electron chi connectivity index (χ2n) is 4.18. The molecule has 20 heavy (non-hydrogen) atoms. The zero-order valence-electron chi connectivity index (χ0n) is 11.1. The summed E-state index contributed by atoms with van der Waals surface area (Å²) in [7, 11) is -1.62. The Morgan fingerprint density at radius 1 is 1.35 bits per heavy atom. The number of hydrogen-bond acceptors (Lipinski definition) is 5. The van der Waals surface area contributed by atoms with Gasteiger partial charge in [-0.05, 0) is 47.4 Å². The van der Waals surface area contributed by atoms with E-state index in [1.165, 1.54) is 22.7 Å². The van der Waals surface area contributed by atoms with E-state index in [0.717, 1.165) is 19.1 Å². The predicted molar refractivity (Wildman–Crippen MR) is 87.9 cm³/mol. The van der Waals surface area contributed by atoms with E-state index in [4.69, 9.17) is 0 Å². The van der Waals surface area contributed by atoms with Crippen LogP contribution < -0.4 is 10.0 Å². The molecule has 2 aromatic rings. The van der Waals surface area contributed by atoms with Crippen molar-refractivity contribution in [2.45, 2.75) is 24.9 Å². The Morgan fingerprint density at radius 2 is 2.10 bits per heavy atom. The van der Waals surface area contributed by atoms with Crippen molar-refractivity contribution in [1.82, 2.24) is 10.0 Å². The van der Waals surface area contributed by atoms with E-state index in [9.17, 15) is 8.42 Å². The molecule has 0 spiro atoms. The Balaban J connectivity index is 2.16. The minimum atomic E-state index is -3.46. The van der Waals surface area contributed by atoms with Crippen LogP contribution in [0.3, 0.4) is 0 Å². The van der Waals surface area contributed by atoms with Crippen molar-refractivity contribution in [1.29, 1.82) is 0 Å². The highest BCUT2D eigenvalue weighted by molar-refractivity contribution is 9.10. The summed E-state index contributed by atoms with van der Waals surface area (Å²) in [5.74, 6) is 0. The first kappa shape index (κ1) is 16.1. The van der Waals surface area contributed by atoms with E-state index in [0.29, 0.717) is 18.0 Å². The monoisotopic (exact) mass is 394 g/mol. The lowest BCUT2D eigenvalue weighted by Crippen LogP contribution is -2.23. The second kappa shape index (κ2) is 6.67. The van der Waals surface area contributed by atoms with E-state index in [1.54, 1.807) is 6.07 Å². The van der Waals surface area contributed by atoms with Crippen molar-refractivity contribution < 1.29 is 8.42 Å². The Kier molecular flexibility index (Phi) is 5.38. The molecule has 0 unspecified atom stereocenters. The third-order valence-corrected chi connectivity index (χ3v) is 7.31. The number of thiophene rings is 2. The zero-order chi connectivity index (χ0) is 14.8. The standard InChI is InChI=1S/C12H15BrN2O2S3/c1-8-12(5-9(19-8)6-14-2)20(16,17)15-7-11-10(13)3-4-18-11/h3-5,14-15H,6-7H2,1-2H3. The van der Waals surface area contributed by atoms with Crippen LogP contribution in [0.25, 0.3) is 0 Å². The molecule has 0 radical (unpaired) electrons. The van der Waals surface area contributed by atoms with Crippen LogP contribution in [0.15, 0.2) is 26.9 Å². The lowest BCUT2D eigenvalue weighted by Gasteiger charge is -2.05. The molecule has 2 aromatic heterocycles. The number of hydrogen-bond donors (Lipinski definition) is 2. The third-order valence-electron chi connectivity index (χ3n) is 2.68. The van der Waals surface area contributed by atoms with Crippen molar-refractivity contribution in [2.75, 3.05) is 7.05 Å². The summed E-state index contributed by atoms with van der Waals surface area (Å²) in [6, 6.07) is 3.65. The first-order chi connectivity index (χ1) is 9.44. The topological polar surface area (TPSA) is 58.2 Å². The summed E-state index contributed by atoms with van der Waals surface area (Å²) in [6.07, 6.45) is 0. The molecule has 110 valence electrons. The number of sulfonamides is 1. The molecule has 0 atom stereocenters. The summed E-state index contributed by atoms with van der Waals surface area (Å²) in [5, 5.41) is 4.95. The largest absolute Gasteiger partial charge is 0.315 e. The van der Waals surface area contributed by atoms with Crippen LogP contribution >= 0.6 is 38.6 Å². The normalized spacial score (nSPS) is 11.9. The lowest BCUT2D eigenvalue weighted by atomic mass is 10.4. The van der Waals surface area contributed by atoms with Gasteiger partial charge >= 0.3 is 0 Å². The number of nitrogens with one attached hydrogen (secondary N) is 2. The van der Waals surface area contributed by atoms with Crippen LogP contribution in [0.4, 0.5) is 0 Å². The van der Waals surface area contributed by atoms with Gasteiger partial charge in [0.15, 0.2) is 0 Å². The summed E-state index contributed by atoms with van der Waals surface area (Å²) in [5.41, 5.74) is 0. The Hall–Kier alpha value is -0.250. The maximum absolute atomic E-state index is 12.3. The molecule has 0 aliphatic carbocycles. The minimum absolute atomic E-state index is 0.303. The fraction of sp³-hybridized carbons (Fsp3) is 0.333. The third kappa shape index (κ3) is 3.69. The highest BCUT2D eigenvalue weighted by atomic mass is 79.9. The molecule has 4 nitrogen and oxygen atoms in total. The molecule has 0 aliphatic heterocycles. The second-order valence-corrected chi connectivity index (χ2v) is 9.11. The molecule has 2 rings (SSSR count). The average molecular weight is 395 g/mol. The Morgan fingerprint density at radius 3 is 2.70 bits per heavy atom. The van der Waals surface area contributed by atoms with E-state index in [-0.39, 0.29) is 0 Å². The molecule has 0 saturated carbocycles. The van der Waals surface area contributed by atoms with Crippen molar-refractivity contribution in [3.05, 3.63) is 36.6 Å². The highest BCUT2D eigenvalue weighted by Crippen LogP contribution is 2.27.